The summed E-state index contributed by atoms with van der Waals surface area (Å²) >= 11 is 1.66. The maximum absolute atomic E-state index is 12.6. The van der Waals surface area contributed by atoms with Crippen LogP contribution in [0, 0.1) is 5.92 Å². The summed E-state index contributed by atoms with van der Waals surface area (Å²) in [7, 11) is 1.39. The van der Waals surface area contributed by atoms with Crippen molar-refractivity contribution >= 4 is 23.2 Å². The highest BCUT2D eigenvalue weighted by Crippen LogP contribution is 2.35. The third-order valence-electron chi connectivity index (χ3n) is 4.95. The molecule has 0 N–H and O–H groups in total. The average molecular weight is 321 g/mol. The lowest BCUT2D eigenvalue weighted by molar-refractivity contribution is -0.154. The van der Waals surface area contributed by atoms with Gasteiger partial charge in [0.05, 0.1) is 7.11 Å². The van der Waals surface area contributed by atoms with Gasteiger partial charge in [-0.25, -0.2) is 4.79 Å². The Morgan fingerprint density at radius 2 is 2.14 bits per heavy atom. The zero-order valence-electron chi connectivity index (χ0n) is 13.0. The normalized spacial score (nSPS) is 21.7. The van der Waals surface area contributed by atoms with E-state index in [0.29, 0.717) is 18.9 Å². The molecule has 1 aliphatic heterocycles. The number of hydrogen-bond donors (Lipinski definition) is 0. The maximum atomic E-state index is 12.6. The number of fused-ring (bicyclic) bond motifs is 1. The van der Waals surface area contributed by atoms with Gasteiger partial charge in [-0.15, -0.1) is 11.3 Å². The molecule has 3 rings (SSSR count). The van der Waals surface area contributed by atoms with Gasteiger partial charge in [0.25, 0.3) is 0 Å². The van der Waals surface area contributed by atoms with Gasteiger partial charge in [-0.05, 0) is 35.8 Å². The fraction of sp³-hybridized carbons (Fsp3) is 0.647. The number of methoxy groups -OCH3 is 1. The zero-order chi connectivity index (χ0) is 15.5. The number of thiophene rings is 1. The minimum absolute atomic E-state index is 0.0964. The van der Waals surface area contributed by atoms with E-state index in [1.165, 1.54) is 37.7 Å². The maximum Gasteiger partial charge on any atom is 0.333 e. The van der Waals surface area contributed by atoms with Gasteiger partial charge in [0, 0.05) is 17.8 Å². The molecule has 4 nitrogen and oxygen atoms in total. The second-order valence-corrected chi connectivity index (χ2v) is 7.25. The molecule has 22 heavy (non-hydrogen) atoms. The van der Waals surface area contributed by atoms with Crippen molar-refractivity contribution in [1.82, 2.24) is 4.90 Å². The summed E-state index contributed by atoms with van der Waals surface area (Å²) in [6.45, 7) is 0.622. The van der Waals surface area contributed by atoms with Crippen molar-refractivity contribution in [3.05, 3.63) is 21.9 Å². The van der Waals surface area contributed by atoms with E-state index in [1.54, 1.807) is 16.2 Å². The van der Waals surface area contributed by atoms with Gasteiger partial charge in [0.1, 0.15) is 0 Å². The third-order valence-corrected chi connectivity index (χ3v) is 5.95. The van der Waals surface area contributed by atoms with Crippen molar-refractivity contribution in [2.45, 2.75) is 51.0 Å². The monoisotopic (exact) mass is 321 g/mol. The van der Waals surface area contributed by atoms with Gasteiger partial charge in [-0.1, -0.05) is 25.7 Å². The van der Waals surface area contributed by atoms with E-state index < -0.39 is 6.04 Å². The van der Waals surface area contributed by atoms with Crippen molar-refractivity contribution in [1.29, 1.82) is 0 Å². The van der Waals surface area contributed by atoms with Gasteiger partial charge in [0.15, 0.2) is 6.04 Å². The van der Waals surface area contributed by atoms with E-state index in [9.17, 15) is 9.59 Å². The number of hydrogen-bond acceptors (Lipinski definition) is 4. The summed E-state index contributed by atoms with van der Waals surface area (Å²) < 4.78 is 4.95. The molecule has 0 spiro atoms. The number of esters is 1. The quantitative estimate of drug-likeness (QED) is 0.799. The predicted molar refractivity (Wildman–Crippen MR) is 85.7 cm³/mol. The number of carbonyl (C=O) groups excluding carboxylic acids is 2. The Labute approximate surface area is 135 Å². The fourth-order valence-corrected chi connectivity index (χ4v) is 4.62. The van der Waals surface area contributed by atoms with Crippen LogP contribution in [0.25, 0.3) is 0 Å². The number of carbonyl (C=O) groups is 2. The second kappa shape index (κ2) is 6.82. The highest BCUT2D eigenvalue weighted by Gasteiger charge is 2.37. The zero-order valence-corrected chi connectivity index (χ0v) is 13.9. The van der Waals surface area contributed by atoms with Gasteiger partial charge < -0.3 is 9.64 Å². The van der Waals surface area contributed by atoms with E-state index >= 15 is 0 Å². The van der Waals surface area contributed by atoms with E-state index in [-0.39, 0.29) is 11.9 Å². The van der Waals surface area contributed by atoms with Crippen LogP contribution in [0.1, 0.15) is 55.0 Å². The van der Waals surface area contributed by atoms with Crippen LogP contribution in [0.5, 0.6) is 0 Å². The summed E-state index contributed by atoms with van der Waals surface area (Å²) in [5, 5.41) is 1.99. The standard InChI is InChI=1S/C17H23NO3S/c1-21-17(20)16-13-9-11-22-14(13)8-10-18(16)15(19)7-6-12-4-2-3-5-12/h9,11-12,16H,2-8,10H2,1H3. The van der Waals surface area contributed by atoms with Crippen molar-refractivity contribution in [3.63, 3.8) is 0 Å². The topological polar surface area (TPSA) is 46.6 Å². The van der Waals surface area contributed by atoms with Crippen molar-refractivity contribution < 1.29 is 14.3 Å². The van der Waals surface area contributed by atoms with E-state index in [0.717, 1.165) is 18.4 Å². The first kappa shape index (κ1) is 15.5. The molecule has 1 atom stereocenters. The third kappa shape index (κ3) is 3.05. The van der Waals surface area contributed by atoms with E-state index in [4.69, 9.17) is 4.74 Å². The van der Waals surface area contributed by atoms with E-state index in [1.807, 2.05) is 11.4 Å². The van der Waals surface area contributed by atoms with Crippen LogP contribution in [-0.4, -0.2) is 30.4 Å². The minimum atomic E-state index is -0.545. The highest BCUT2D eigenvalue weighted by atomic mass is 32.1. The Balaban J connectivity index is 1.70. The summed E-state index contributed by atoms with van der Waals surface area (Å²) in [6.07, 6.45) is 7.45. The molecular weight excluding hydrogens is 298 g/mol. The fourth-order valence-electron chi connectivity index (χ4n) is 3.72. The van der Waals surface area contributed by atoms with Crippen LogP contribution in [0.4, 0.5) is 0 Å². The first-order chi connectivity index (χ1) is 10.7. The Morgan fingerprint density at radius 1 is 1.36 bits per heavy atom. The molecule has 1 amide bonds. The van der Waals surface area contributed by atoms with Crippen LogP contribution in [0.2, 0.25) is 0 Å². The van der Waals surface area contributed by atoms with E-state index in [2.05, 4.69) is 0 Å². The van der Waals surface area contributed by atoms with Gasteiger partial charge >= 0.3 is 5.97 Å². The van der Waals surface area contributed by atoms with Crippen molar-refractivity contribution in [2.75, 3.05) is 13.7 Å². The molecule has 1 aromatic heterocycles. The summed E-state index contributed by atoms with van der Waals surface area (Å²) in [6, 6.07) is 1.41. The first-order valence-electron chi connectivity index (χ1n) is 8.14. The minimum Gasteiger partial charge on any atom is -0.467 e. The SMILES string of the molecule is COC(=O)C1c2ccsc2CCN1C(=O)CCC1CCCC1. The Morgan fingerprint density at radius 3 is 2.86 bits per heavy atom. The lowest BCUT2D eigenvalue weighted by Gasteiger charge is -2.34. The summed E-state index contributed by atoms with van der Waals surface area (Å²) in [5.74, 6) is 0.467. The average Bonchev–Trinajstić information content (AvgIpc) is 3.21. The van der Waals surface area contributed by atoms with Crippen LogP contribution in [-0.2, 0) is 20.7 Å². The molecule has 1 unspecified atom stereocenters. The molecule has 1 aromatic rings. The predicted octanol–water partition coefficient (Wildman–Crippen LogP) is 3.32. The van der Waals surface area contributed by atoms with Crippen LogP contribution >= 0.6 is 11.3 Å². The molecule has 0 aromatic carbocycles. The molecule has 1 saturated carbocycles. The van der Waals surface area contributed by atoms with Crippen molar-refractivity contribution in [3.8, 4) is 0 Å². The molecule has 2 heterocycles. The molecule has 0 bridgehead atoms. The number of amides is 1. The van der Waals surface area contributed by atoms with Gasteiger partial charge in [-0.3, -0.25) is 4.79 Å². The highest BCUT2D eigenvalue weighted by molar-refractivity contribution is 7.10. The largest absolute Gasteiger partial charge is 0.467 e. The van der Waals surface area contributed by atoms with Gasteiger partial charge in [-0.2, -0.15) is 0 Å². The number of rotatable bonds is 4. The van der Waals surface area contributed by atoms with Crippen LogP contribution < -0.4 is 0 Å². The summed E-state index contributed by atoms with van der Waals surface area (Å²) in [4.78, 5) is 27.8. The van der Waals surface area contributed by atoms with Crippen molar-refractivity contribution in [2.24, 2.45) is 5.92 Å². The molecule has 1 fully saturated rings. The Hall–Kier alpha value is -1.36. The Bertz CT molecular complexity index is 548. The number of ether oxygens (including phenoxy) is 1. The lowest BCUT2D eigenvalue weighted by atomic mass is 9.97. The molecule has 1 aliphatic carbocycles. The van der Waals surface area contributed by atoms with Gasteiger partial charge in [0.2, 0.25) is 5.91 Å². The molecule has 120 valence electrons. The van der Waals surface area contributed by atoms with Crippen LogP contribution in [0.3, 0.4) is 0 Å². The molecule has 2 aliphatic rings. The Kier molecular flexibility index (Phi) is 4.81. The molecule has 0 saturated heterocycles. The molecular formula is C17H23NO3S. The first-order valence-corrected chi connectivity index (χ1v) is 9.02. The number of nitrogens with zero attached hydrogens (tertiary/aromatic N) is 1. The summed E-state index contributed by atoms with van der Waals surface area (Å²) in [5.41, 5.74) is 0.956. The smallest absolute Gasteiger partial charge is 0.333 e. The molecule has 5 heteroatoms. The second-order valence-electron chi connectivity index (χ2n) is 6.25. The lowest BCUT2D eigenvalue weighted by Crippen LogP contribution is -2.43. The van der Waals surface area contributed by atoms with Crippen LogP contribution in [0.15, 0.2) is 11.4 Å². The molecule has 0 radical (unpaired) electrons.